The van der Waals surface area contributed by atoms with Gasteiger partial charge in [0.15, 0.2) is 5.78 Å². The maximum atomic E-state index is 13.5. The van der Waals surface area contributed by atoms with Crippen LogP contribution >= 0.6 is 0 Å². The van der Waals surface area contributed by atoms with Crippen molar-refractivity contribution in [3.05, 3.63) is 77.9 Å². The van der Waals surface area contributed by atoms with Crippen LogP contribution in [0.5, 0.6) is 0 Å². The minimum atomic E-state index is -0.323. The molecule has 0 spiro atoms. The van der Waals surface area contributed by atoms with E-state index in [1.165, 1.54) is 16.7 Å². The molecule has 166 valence electrons. The van der Waals surface area contributed by atoms with Crippen molar-refractivity contribution >= 4 is 29.2 Å². The number of anilines is 1. The van der Waals surface area contributed by atoms with Gasteiger partial charge < -0.3 is 0 Å². The molecule has 2 aromatic rings. The average molecular weight is 440 g/mol. The predicted octanol–water partition coefficient (Wildman–Crippen LogP) is 3.55. The lowest BCUT2D eigenvalue weighted by Crippen LogP contribution is -2.45. The molecule has 3 fully saturated rings. The molecule has 6 atom stereocenters. The van der Waals surface area contributed by atoms with Crippen LogP contribution in [-0.4, -0.2) is 35.1 Å². The monoisotopic (exact) mass is 440 g/mol. The molecular formula is C27H24N2O4. The largest absolute Gasteiger partial charge is 0.295 e. The summed E-state index contributed by atoms with van der Waals surface area (Å²) in [7, 11) is 0. The fourth-order valence-electron chi connectivity index (χ4n) is 6.19. The number of rotatable bonds is 5. The number of carbonyl (C=O) groups excluding carboxylic acids is 4. The van der Waals surface area contributed by atoms with Crippen molar-refractivity contribution in [1.82, 2.24) is 4.90 Å². The van der Waals surface area contributed by atoms with E-state index in [9.17, 15) is 19.2 Å². The Kier molecular flexibility index (Phi) is 4.41. The number of imide groups is 1. The highest BCUT2D eigenvalue weighted by atomic mass is 16.2. The molecule has 5 aliphatic rings. The van der Waals surface area contributed by atoms with E-state index in [-0.39, 0.29) is 53.8 Å². The molecule has 1 saturated heterocycles. The lowest BCUT2D eigenvalue weighted by molar-refractivity contribution is -0.140. The maximum Gasteiger partial charge on any atom is 0.259 e. The van der Waals surface area contributed by atoms with Gasteiger partial charge in [0, 0.05) is 16.8 Å². The number of Topliss-reactive ketones (excluding diaryl/α,β-unsaturated/α-hetero) is 1. The van der Waals surface area contributed by atoms with Gasteiger partial charge in [0.1, 0.15) is 6.67 Å². The lowest BCUT2D eigenvalue weighted by Gasteiger charge is -2.37. The van der Waals surface area contributed by atoms with E-state index in [2.05, 4.69) is 12.2 Å². The second-order valence-electron chi connectivity index (χ2n) is 9.61. The molecule has 1 heterocycles. The Morgan fingerprint density at radius 1 is 0.879 bits per heavy atom. The highest BCUT2D eigenvalue weighted by molar-refractivity contribution is 6.10. The molecule has 6 heteroatoms. The van der Waals surface area contributed by atoms with Gasteiger partial charge in [-0.15, -0.1) is 0 Å². The fraction of sp³-hybridized carbons (Fsp3) is 0.333. The molecule has 3 amide bonds. The van der Waals surface area contributed by atoms with Crippen molar-refractivity contribution in [1.29, 1.82) is 0 Å². The lowest BCUT2D eigenvalue weighted by atomic mass is 9.63. The molecule has 2 saturated carbocycles. The van der Waals surface area contributed by atoms with Gasteiger partial charge in [0.05, 0.1) is 11.8 Å². The number of likely N-dealkylation sites (tertiary alicyclic amines) is 1. The summed E-state index contributed by atoms with van der Waals surface area (Å²) in [5.74, 6) is -0.120. The fourth-order valence-corrected chi connectivity index (χ4v) is 6.19. The third-order valence-electron chi connectivity index (χ3n) is 7.87. The highest BCUT2D eigenvalue weighted by Gasteiger charge is 2.67. The van der Waals surface area contributed by atoms with E-state index in [0.717, 1.165) is 6.42 Å². The summed E-state index contributed by atoms with van der Waals surface area (Å²) in [5.41, 5.74) is 1.40. The van der Waals surface area contributed by atoms with E-state index in [4.69, 9.17) is 0 Å². The number of amides is 3. The number of allylic oxidation sites excluding steroid dienone is 2. The Balaban J connectivity index is 1.36. The van der Waals surface area contributed by atoms with E-state index < -0.39 is 0 Å². The number of hydrogen-bond acceptors (Lipinski definition) is 4. The summed E-state index contributed by atoms with van der Waals surface area (Å²) in [6, 6.07) is 15.5. The van der Waals surface area contributed by atoms with Crippen molar-refractivity contribution < 1.29 is 19.2 Å². The third kappa shape index (κ3) is 3.00. The van der Waals surface area contributed by atoms with Crippen LogP contribution in [-0.2, 0) is 9.59 Å². The molecule has 0 radical (unpaired) electrons. The second kappa shape index (κ2) is 7.24. The zero-order chi connectivity index (χ0) is 22.9. The van der Waals surface area contributed by atoms with Crippen LogP contribution in [0.1, 0.15) is 34.1 Å². The Hall–Kier alpha value is -3.54. The molecular weight excluding hydrogens is 416 g/mol. The standard InChI is InChI=1S/C27H24N2O4/c1-15(30)17-8-5-9-18(12-17)28(25(31)16-6-3-2-4-7-16)14-29-26(32)23-19-10-11-20(22-13-21(19)22)24(23)27(29)33/h2-12,19-24H,13-14H2,1H3. The maximum absolute atomic E-state index is 13.5. The van der Waals surface area contributed by atoms with Gasteiger partial charge in [-0.25, -0.2) is 0 Å². The van der Waals surface area contributed by atoms with Crippen LogP contribution in [0.3, 0.4) is 0 Å². The number of carbonyl (C=O) groups is 4. The number of benzene rings is 2. The summed E-state index contributed by atoms with van der Waals surface area (Å²) in [4.78, 5) is 55.2. The van der Waals surface area contributed by atoms with Gasteiger partial charge in [-0.3, -0.25) is 29.0 Å². The van der Waals surface area contributed by atoms with Crippen LogP contribution in [0.15, 0.2) is 66.7 Å². The van der Waals surface area contributed by atoms with E-state index in [1.54, 1.807) is 48.5 Å². The molecule has 7 rings (SSSR count). The van der Waals surface area contributed by atoms with Gasteiger partial charge in [-0.05, 0) is 61.3 Å². The molecule has 4 aliphatic carbocycles. The topological polar surface area (TPSA) is 74.8 Å². The molecule has 33 heavy (non-hydrogen) atoms. The second-order valence-corrected chi connectivity index (χ2v) is 9.61. The first-order valence-corrected chi connectivity index (χ1v) is 11.5. The Morgan fingerprint density at radius 3 is 2.09 bits per heavy atom. The first kappa shape index (κ1) is 20.1. The molecule has 2 aromatic carbocycles. The van der Waals surface area contributed by atoms with Gasteiger partial charge >= 0.3 is 0 Å². The van der Waals surface area contributed by atoms with Crippen molar-refractivity contribution in [3.8, 4) is 0 Å². The zero-order valence-electron chi connectivity index (χ0n) is 18.3. The Labute approximate surface area is 191 Å². The van der Waals surface area contributed by atoms with Gasteiger partial charge in [0.2, 0.25) is 11.8 Å². The molecule has 0 N–H and O–H groups in total. The van der Waals surface area contributed by atoms with Gasteiger partial charge in [0.25, 0.3) is 5.91 Å². The van der Waals surface area contributed by atoms with Crippen molar-refractivity contribution in [2.24, 2.45) is 35.5 Å². The summed E-state index contributed by atoms with van der Waals surface area (Å²) in [5, 5.41) is 0. The minimum absolute atomic E-state index is 0.120. The summed E-state index contributed by atoms with van der Waals surface area (Å²) in [6.45, 7) is 1.31. The van der Waals surface area contributed by atoms with Gasteiger partial charge in [-0.1, -0.05) is 42.5 Å². The first-order chi connectivity index (χ1) is 16.0. The summed E-state index contributed by atoms with van der Waals surface area (Å²) in [6.07, 6.45) is 5.38. The average Bonchev–Trinajstić information content (AvgIpc) is 3.62. The van der Waals surface area contributed by atoms with Gasteiger partial charge in [-0.2, -0.15) is 0 Å². The van der Waals surface area contributed by atoms with E-state index in [0.29, 0.717) is 28.7 Å². The summed E-state index contributed by atoms with van der Waals surface area (Å²) < 4.78 is 0. The van der Waals surface area contributed by atoms with Crippen molar-refractivity contribution in [2.75, 3.05) is 11.6 Å². The minimum Gasteiger partial charge on any atom is -0.295 e. The van der Waals surface area contributed by atoms with Crippen LogP contribution in [0.25, 0.3) is 0 Å². The van der Waals surface area contributed by atoms with Crippen LogP contribution in [0, 0.1) is 35.5 Å². The SMILES string of the molecule is CC(=O)c1cccc(N(CN2C(=O)C3C4C=CC(C5CC45)C3C2=O)C(=O)c2ccccc2)c1. The molecule has 6 nitrogen and oxygen atoms in total. The zero-order valence-corrected chi connectivity index (χ0v) is 18.3. The Bertz CT molecular complexity index is 1180. The number of ketones is 1. The molecule has 2 bridgehead atoms. The molecule has 0 aromatic heterocycles. The van der Waals surface area contributed by atoms with Crippen LogP contribution < -0.4 is 4.90 Å². The van der Waals surface area contributed by atoms with Crippen LogP contribution in [0.4, 0.5) is 5.69 Å². The Morgan fingerprint density at radius 2 is 1.48 bits per heavy atom. The van der Waals surface area contributed by atoms with Crippen molar-refractivity contribution in [2.45, 2.75) is 13.3 Å². The van der Waals surface area contributed by atoms with Crippen LogP contribution in [0.2, 0.25) is 0 Å². The quantitative estimate of drug-likeness (QED) is 0.405. The number of nitrogens with zero attached hydrogens (tertiary/aromatic N) is 2. The smallest absolute Gasteiger partial charge is 0.259 e. The number of hydrogen-bond donors (Lipinski definition) is 0. The third-order valence-corrected chi connectivity index (χ3v) is 7.87. The van der Waals surface area contributed by atoms with E-state index >= 15 is 0 Å². The summed E-state index contributed by atoms with van der Waals surface area (Å²) >= 11 is 0. The highest BCUT2D eigenvalue weighted by Crippen LogP contribution is 2.65. The molecule has 6 unspecified atom stereocenters. The predicted molar refractivity (Wildman–Crippen MR) is 121 cm³/mol. The van der Waals surface area contributed by atoms with E-state index in [1.807, 2.05) is 6.07 Å². The van der Waals surface area contributed by atoms with Crippen molar-refractivity contribution in [3.63, 3.8) is 0 Å². The molecule has 1 aliphatic heterocycles. The first-order valence-electron chi connectivity index (χ1n) is 11.5. The normalized spacial score (nSPS) is 30.8.